The van der Waals surface area contributed by atoms with Crippen molar-refractivity contribution in [1.82, 2.24) is 4.98 Å². The predicted molar refractivity (Wildman–Crippen MR) is 80.2 cm³/mol. The zero-order valence-corrected chi connectivity index (χ0v) is 12.4. The van der Waals surface area contributed by atoms with Gasteiger partial charge in [0, 0.05) is 6.07 Å². The third-order valence-corrected chi connectivity index (χ3v) is 2.72. The molecule has 0 spiro atoms. The molecule has 2 rings (SSSR count). The molecule has 0 unspecified atom stereocenters. The van der Waals surface area contributed by atoms with Gasteiger partial charge in [0.25, 0.3) is 0 Å². The standard InChI is InChI=1S/C16H19FN2O2/c1-10(2)9-20-16-13(18)6-7-15(19-16)21-14-8-11(3)4-5-12(14)17/h4-8,10H,9,18H2,1-3H3. The van der Waals surface area contributed by atoms with Crippen molar-refractivity contribution in [3.63, 3.8) is 0 Å². The molecule has 1 aromatic heterocycles. The first-order valence-electron chi connectivity index (χ1n) is 6.79. The number of nitrogens with two attached hydrogens (primary N) is 1. The van der Waals surface area contributed by atoms with Crippen molar-refractivity contribution in [1.29, 1.82) is 0 Å². The number of pyridine rings is 1. The Morgan fingerprint density at radius 1 is 1.24 bits per heavy atom. The lowest BCUT2D eigenvalue weighted by Gasteiger charge is -2.12. The van der Waals surface area contributed by atoms with Gasteiger partial charge in [0.15, 0.2) is 11.6 Å². The van der Waals surface area contributed by atoms with Crippen LogP contribution in [0.4, 0.5) is 10.1 Å². The number of nitrogen functional groups attached to an aromatic ring is 1. The van der Waals surface area contributed by atoms with Gasteiger partial charge >= 0.3 is 0 Å². The minimum atomic E-state index is -0.441. The monoisotopic (exact) mass is 290 g/mol. The van der Waals surface area contributed by atoms with E-state index in [-0.39, 0.29) is 11.6 Å². The van der Waals surface area contributed by atoms with E-state index in [1.165, 1.54) is 6.07 Å². The van der Waals surface area contributed by atoms with E-state index in [4.69, 9.17) is 15.2 Å². The fourth-order valence-corrected chi connectivity index (χ4v) is 1.65. The highest BCUT2D eigenvalue weighted by Crippen LogP contribution is 2.28. The average molecular weight is 290 g/mol. The summed E-state index contributed by atoms with van der Waals surface area (Å²) >= 11 is 0. The van der Waals surface area contributed by atoms with E-state index < -0.39 is 5.82 Å². The van der Waals surface area contributed by atoms with E-state index >= 15 is 0 Å². The Hall–Kier alpha value is -2.30. The molecule has 0 radical (unpaired) electrons. The van der Waals surface area contributed by atoms with Crippen LogP contribution in [0.25, 0.3) is 0 Å². The quantitative estimate of drug-likeness (QED) is 0.906. The Labute approximate surface area is 123 Å². The number of ether oxygens (including phenoxy) is 2. The van der Waals surface area contributed by atoms with E-state index in [9.17, 15) is 4.39 Å². The molecule has 0 aliphatic heterocycles. The summed E-state index contributed by atoms with van der Waals surface area (Å²) in [6, 6.07) is 7.86. The van der Waals surface area contributed by atoms with Crippen LogP contribution >= 0.6 is 0 Å². The maximum absolute atomic E-state index is 13.7. The summed E-state index contributed by atoms with van der Waals surface area (Å²) in [6.45, 7) is 6.41. The van der Waals surface area contributed by atoms with Crippen molar-refractivity contribution >= 4 is 5.69 Å². The van der Waals surface area contributed by atoms with E-state index in [1.54, 1.807) is 24.3 Å². The van der Waals surface area contributed by atoms with Crippen molar-refractivity contribution in [2.45, 2.75) is 20.8 Å². The van der Waals surface area contributed by atoms with Crippen molar-refractivity contribution in [3.8, 4) is 17.5 Å². The Bertz CT molecular complexity index is 630. The van der Waals surface area contributed by atoms with Crippen LogP contribution in [0.1, 0.15) is 19.4 Å². The van der Waals surface area contributed by atoms with Gasteiger partial charge in [-0.1, -0.05) is 19.9 Å². The highest BCUT2D eigenvalue weighted by molar-refractivity contribution is 5.49. The lowest BCUT2D eigenvalue weighted by atomic mass is 10.2. The Morgan fingerprint density at radius 3 is 2.71 bits per heavy atom. The van der Waals surface area contributed by atoms with Crippen molar-refractivity contribution in [2.75, 3.05) is 12.3 Å². The van der Waals surface area contributed by atoms with E-state index in [0.29, 0.717) is 24.1 Å². The normalized spacial score (nSPS) is 10.7. The molecule has 0 bridgehead atoms. The van der Waals surface area contributed by atoms with Gasteiger partial charge in [-0.25, -0.2) is 4.39 Å². The smallest absolute Gasteiger partial charge is 0.240 e. The Morgan fingerprint density at radius 2 is 2.00 bits per heavy atom. The molecule has 0 atom stereocenters. The molecule has 1 aromatic carbocycles. The molecule has 0 amide bonds. The number of halogens is 1. The fraction of sp³-hybridized carbons (Fsp3) is 0.312. The van der Waals surface area contributed by atoms with E-state index in [2.05, 4.69) is 4.98 Å². The lowest BCUT2D eigenvalue weighted by Crippen LogP contribution is -2.08. The maximum atomic E-state index is 13.7. The van der Waals surface area contributed by atoms with Crippen molar-refractivity contribution in [2.24, 2.45) is 5.92 Å². The summed E-state index contributed by atoms with van der Waals surface area (Å²) in [6.07, 6.45) is 0. The molecule has 2 N–H and O–H groups in total. The largest absolute Gasteiger partial charge is 0.476 e. The number of hydrogen-bond acceptors (Lipinski definition) is 4. The highest BCUT2D eigenvalue weighted by atomic mass is 19.1. The average Bonchev–Trinajstić information content (AvgIpc) is 2.43. The van der Waals surface area contributed by atoms with Crippen molar-refractivity contribution < 1.29 is 13.9 Å². The van der Waals surface area contributed by atoms with Gasteiger partial charge in [0.1, 0.15) is 0 Å². The number of benzene rings is 1. The van der Waals surface area contributed by atoms with Crippen LogP contribution in [-0.2, 0) is 0 Å². The van der Waals surface area contributed by atoms with Gasteiger partial charge < -0.3 is 15.2 Å². The summed E-state index contributed by atoms with van der Waals surface area (Å²) < 4.78 is 24.7. The van der Waals surface area contributed by atoms with Crippen molar-refractivity contribution in [3.05, 3.63) is 41.7 Å². The molecular weight excluding hydrogens is 271 g/mol. The Kier molecular flexibility index (Phi) is 4.62. The second-order valence-corrected chi connectivity index (χ2v) is 5.28. The lowest BCUT2D eigenvalue weighted by molar-refractivity contribution is 0.260. The van der Waals surface area contributed by atoms with Crippen LogP contribution in [0.15, 0.2) is 30.3 Å². The maximum Gasteiger partial charge on any atom is 0.240 e. The first-order valence-corrected chi connectivity index (χ1v) is 6.79. The summed E-state index contributed by atoms with van der Waals surface area (Å²) in [5.74, 6) is 0.581. The highest BCUT2D eigenvalue weighted by Gasteiger charge is 2.10. The molecule has 0 saturated carbocycles. The summed E-state index contributed by atoms with van der Waals surface area (Å²) in [5, 5.41) is 0. The minimum Gasteiger partial charge on any atom is -0.476 e. The molecule has 1 heterocycles. The van der Waals surface area contributed by atoms with Gasteiger partial charge in [-0.2, -0.15) is 4.98 Å². The van der Waals surface area contributed by atoms with Gasteiger partial charge in [-0.05, 0) is 36.6 Å². The first-order chi connectivity index (χ1) is 9.95. The Balaban J connectivity index is 2.20. The molecule has 5 heteroatoms. The van der Waals surface area contributed by atoms with Gasteiger partial charge in [0.2, 0.25) is 11.8 Å². The van der Waals surface area contributed by atoms with E-state index in [1.807, 2.05) is 20.8 Å². The molecular formula is C16H19FN2O2. The number of nitrogens with zero attached hydrogens (tertiary/aromatic N) is 1. The number of aromatic nitrogens is 1. The van der Waals surface area contributed by atoms with Crippen LogP contribution in [-0.4, -0.2) is 11.6 Å². The molecule has 0 aliphatic carbocycles. The van der Waals surface area contributed by atoms with Gasteiger partial charge in [0.05, 0.1) is 12.3 Å². The van der Waals surface area contributed by atoms with Crippen LogP contribution in [0.5, 0.6) is 17.5 Å². The van der Waals surface area contributed by atoms with Gasteiger partial charge in [-0.3, -0.25) is 0 Å². The van der Waals surface area contributed by atoms with E-state index in [0.717, 1.165) is 5.56 Å². The summed E-state index contributed by atoms with van der Waals surface area (Å²) in [4.78, 5) is 4.17. The molecule has 2 aromatic rings. The number of rotatable bonds is 5. The molecule has 4 nitrogen and oxygen atoms in total. The minimum absolute atomic E-state index is 0.127. The zero-order valence-electron chi connectivity index (χ0n) is 12.4. The topological polar surface area (TPSA) is 57.4 Å². The number of aryl methyl sites for hydroxylation is 1. The van der Waals surface area contributed by atoms with Crippen LogP contribution in [0.3, 0.4) is 0 Å². The third kappa shape index (κ3) is 4.08. The molecule has 21 heavy (non-hydrogen) atoms. The van der Waals surface area contributed by atoms with Crippen LogP contribution < -0.4 is 15.2 Å². The molecule has 112 valence electrons. The first kappa shape index (κ1) is 15.1. The molecule has 0 saturated heterocycles. The van der Waals surface area contributed by atoms with Crippen LogP contribution in [0.2, 0.25) is 0 Å². The zero-order chi connectivity index (χ0) is 15.4. The second-order valence-electron chi connectivity index (χ2n) is 5.28. The number of hydrogen-bond donors (Lipinski definition) is 1. The second kappa shape index (κ2) is 6.43. The fourth-order valence-electron chi connectivity index (χ4n) is 1.65. The van der Waals surface area contributed by atoms with Crippen LogP contribution in [0, 0.1) is 18.7 Å². The third-order valence-electron chi connectivity index (χ3n) is 2.72. The predicted octanol–water partition coefficient (Wildman–Crippen LogP) is 3.94. The summed E-state index contributed by atoms with van der Waals surface area (Å²) in [7, 11) is 0. The van der Waals surface area contributed by atoms with Gasteiger partial charge in [-0.15, -0.1) is 0 Å². The molecule has 0 fully saturated rings. The summed E-state index contributed by atoms with van der Waals surface area (Å²) in [5.41, 5.74) is 7.13. The molecule has 0 aliphatic rings. The SMILES string of the molecule is Cc1ccc(F)c(Oc2ccc(N)c(OCC(C)C)n2)c1. The number of anilines is 1.